The molecule has 2 aromatic rings. The highest BCUT2D eigenvalue weighted by Gasteiger charge is 2.11. The summed E-state index contributed by atoms with van der Waals surface area (Å²) in [5, 5.41) is 0.453. The zero-order valence-corrected chi connectivity index (χ0v) is 9.64. The first-order valence-electron chi connectivity index (χ1n) is 5.20. The monoisotopic (exact) mass is 232 g/mol. The van der Waals surface area contributed by atoms with Crippen LogP contribution < -0.4 is 11.2 Å². The van der Waals surface area contributed by atoms with Crippen molar-refractivity contribution in [1.82, 2.24) is 9.13 Å². The van der Waals surface area contributed by atoms with E-state index in [-0.39, 0.29) is 6.54 Å². The van der Waals surface area contributed by atoms with E-state index in [1.54, 1.807) is 19.2 Å². The molecule has 0 aliphatic rings. The maximum absolute atomic E-state index is 12.0. The van der Waals surface area contributed by atoms with Gasteiger partial charge in [-0.2, -0.15) is 0 Å². The van der Waals surface area contributed by atoms with E-state index < -0.39 is 11.2 Å². The Balaban J connectivity index is 3.06. The maximum Gasteiger partial charge on any atom is 0.331 e. The number of carbonyl (C=O) groups is 1. The van der Waals surface area contributed by atoms with Crippen LogP contribution >= 0.6 is 0 Å². The van der Waals surface area contributed by atoms with Crippen molar-refractivity contribution >= 4 is 17.2 Å². The first kappa shape index (κ1) is 11.3. The molecule has 0 fully saturated rings. The van der Waals surface area contributed by atoms with Gasteiger partial charge in [-0.1, -0.05) is 12.1 Å². The Morgan fingerprint density at radius 3 is 2.65 bits per heavy atom. The van der Waals surface area contributed by atoms with Gasteiger partial charge in [0.2, 0.25) is 0 Å². The number of aldehydes is 1. The molecule has 0 aliphatic carbocycles. The Labute approximate surface area is 96.9 Å². The Morgan fingerprint density at radius 1 is 1.29 bits per heavy atom. The highest BCUT2D eigenvalue weighted by atomic mass is 16.2. The van der Waals surface area contributed by atoms with Gasteiger partial charge in [0.1, 0.15) is 6.29 Å². The van der Waals surface area contributed by atoms with Crippen molar-refractivity contribution in [2.75, 3.05) is 0 Å². The number of benzene rings is 1. The van der Waals surface area contributed by atoms with Gasteiger partial charge < -0.3 is 4.79 Å². The minimum atomic E-state index is -0.469. The second-order valence-electron chi connectivity index (χ2n) is 3.90. The average molecular weight is 232 g/mol. The molecule has 0 unspecified atom stereocenters. The number of hydrogen-bond donors (Lipinski definition) is 0. The molecule has 88 valence electrons. The summed E-state index contributed by atoms with van der Waals surface area (Å²) in [5.41, 5.74) is 0.588. The van der Waals surface area contributed by atoms with Crippen molar-refractivity contribution in [1.29, 1.82) is 0 Å². The van der Waals surface area contributed by atoms with E-state index in [4.69, 9.17) is 0 Å². The van der Waals surface area contributed by atoms with Crippen molar-refractivity contribution < 1.29 is 4.79 Å². The maximum atomic E-state index is 12.0. The van der Waals surface area contributed by atoms with Crippen molar-refractivity contribution in [3.05, 3.63) is 44.6 Å². The van der Waals surface area contributed by atoms with E-state index in [0.717, 1.165) is 10.1 Å². The molecule has 5 nitrogen and oxygen atoms in total. The predicted molar refractivity (Wildman–Crippen MR) is 64.3 cm³/mol. The zero-order chi connectivity index (χ0) is 12.6. The molecule has 2 rings (SSSR count). The molecule has 1 aromatic carbocycles. The van der Waals surface area contributed by atoms with E-state index in [1.807, 2.05) is 13.0 Å². The molecule has 0 N–H and O–H groups in total. The quantitative estimate of drug-likeness (QED) is 0.695. The van der Waals surface area contributed by atoms with Crippen LogP contribution in [0.3, 0.4) is 0 Å². The molecule has 1 heterocycles. The van der Waals surface area contributed by atoms with Crippen LogP contribution in [0.25, 0.3) is 10.9 Å². The summed E-state index contributed by atoms with van der Waals surface area (Å²) in [6.07, 6.45) is 0.546. The minimum Gasteiger partial charge on any atom is -0.301 e. The fraction of sp³-hybridized carbons (Fsp3) is 0.250. The number of rotatable bonds is 2. The van der Waals surface area contributed by atoms with Gasteiger partial charge in [0.15, 0.2) is 0 Å². The molecule has 0 radical (unpaired) electrons. The van der Waals surface area contributed by atoms with Gasteiger partial charge in [0, 0.05) is 7.05 Å². The molecule has 17 heavy (non-hydrogen) atoms. The van der Waals surface area contributed by atoms with Gasteiger partial charge in [0.05, 0.1) is 17.4 Å². The summed E-state index contributed by atoms with van der Waals surface area (Å²) >= 11 is 0. The number of para-hydroxylation sites is 1. The molecule has 0 bridgehead atoms. The Bertz CT molecular complexity index is 710. The van der Waals surface area contributed by atoms with Crippen molar-refractivity contribution in [3.63, 3.8) is 0 Å². The Hall–Kier alpha value is -2.17. The lowest BCUT2D eigenvalue weighted by Crippen LogP contribution is -2.39. The molecule has 5 heteroatoms. The predicted octanol–water partition coefficient (Wildman–Crippen LogP) is 0.208. The summed E-state index contributed by atoms with van der Waals surface area (Å²) in [4.78, 5) is 34.4. The van der Waals surface area contributed by atoms with Gasteiger partial charge in [-0.05, 0) is 18.6 Å². The first-order valence-corrected chi connectivity index (χ1v) is 5.20. The van der Waals surface area contributed by atoms with Crippen LogP contribution in [0.2, 0.25) is 0 Å². The van der Waals surface area contributed by atoms with Crippen molar-refractivity contribution in [3.8, 4) is 0 Å². The third kappa shape index (κ3) is 1.60. The lowest BCUT2D eigenvalue weighted by molar-refractivity contribution is -0.108. The number of nitrogens with zero attached hydrogens (tertiary/aromatic N) is 2. The van der Waals surface area contributed by atoms with Crippen LogP contribution in [0.4, 0.5) is 0 Å². The lowest BCUT2D eigenvalue weighted by Gasteiger charge is -2.10. The molecular weight excluding hydrogens is 220 g/mol. The molecule has 0 amide bonds. The number of fused-ring (bicyclic) bond motifs is 1. The number of aryl methyl sites for hydroxylation is 2. The van der Waals surface area contributed by atoms with E-state index >= 15 is 0 Å². The lowest BCUT2D eigenvalue weighted by atomic mass is 10.1. The third-order valence-electron chi connectivity index (χ3n) is 2.82. The summed E-state index contributed by atoms with van der Waals surface area (Å²) in [5.74, 6) is 0. The van der Waals surface area contributed by atoms with Crippen molar-refractivity contribution in [2.24, 2.45) is 7.05 Å². The summed E-state index contributed by atoms with van der Waals surface area (Å²) in [7, 11) is 1.60. The number of carbonyl (C=O) groups excluding carboxylic acids is 1. The van der Waals surface area contributed by atoms with Crippen LogP contribution in [0.15, 0.2) is 27.8 Å². The van der Waals surface area contributed by atoms with Gasteiger partial charge in [-0.3, -0.25) is 13.9 Å². The van der Waals surface area contributed by atoms with Crippen LogP contribution in [-0.4, -0.2) is 15.4 Å². The van der Waals surface area contributed by atoms with Gasteiger partial charge in [-0.15, -0.1) is 0 Å². The molecule has 0 saturated heterocycles. The molecule has 0 saturated carbocycles. The Morgan fingerprint density at radius 2 is 2.00 bits per heavy atom. The summed E-state index contributed by atoms with van der Waals surface area (Å²) in [6.45, 7) is 1.63. The topological polar surface area (TPSA) is 61.1 Å². The van der Waals surface area contributed by atoms with Gasteiger partial charge >= 0.3 is 5.69 Å². The molecule has 1 aromatic heterocycles. The highest BCUT2D eigenvalue weighted by molar-refractivity contribution is 5.81. The highest BCUT2D eigenvalue weighted by Crippen LogP contribution is 2.11. The minimum absolute atomic E-state index is 0.213. The Kier molecular flexibility index (Phi) is 2.67. The van der Waals surface area contributed by atoms with Crippen molar-refractivity contribution in [2.45, 2.75) is 13.5 Å². The van der Waals surface area contributed by atoms with E-state index in [9.17, 15) is 14.4 Å². The van der Waals surface area contributed by atoms with E-state index in [0.29, 0.717) is 17.2 Å². The van der Waals surface area contributed by atoms with Gasteiger partial charge in [0.25, 0.3) is 5.56 Å². The first-order chi connectivity index (χ1) is 8.07. The average Bonchev–Trinajstić information content (AvgIpc) is 2.31. The summed E-state index contributed by atoms with van der Waals surface area (Å²) < 4.78 is 2.34. The fourth-order valence-corrected chi connectivity index (χ4v) is 2.02. The number of hydrogen-bond acceptors (Lipinski definition) is 3. The fourth-order valence-electron chi connectivity index (χ4n) is 2.02. The van der Waals surface area contributed by atoms with Crippen LogP contribution in [0, 0.1) is 6.92 Å². The molecule has 0 spiro atoms. The molecule has 0 aliphatic heterocycles. The van der Waals surface area contributed by atoms with E-state index in [1.165, 1.54) is 4.57 Å². The standard InChI is InChI=1S/C12H12N2O3/c1-8-4-3-5-9-10(8)13(2)12(17)14(6-7-15)11(9)16/h3-5,7H,6H2,1-2H3. The second-order valence-corrected chi connectivity index (χ2v) is 3.90. The smallest absolute Gasteiger partial charge is 0.301 e. The molecular formula is C12H12N2O3. The van der Waals surface area contributed by atoms with Gasteiger partial charge in [-0.25, -0.2) is 4.79 Å². The number of aromatic nitrogens is 2. The SMILES string of the molecule is Cc1cccc2c(=O)n(CC=O)c(=O)n(C)c12. The van der Waals surface area contributed by atoms with Crippen LogP contribution in [-0.2, 0) is 18.4 Å². The third-order valence-corrected chi connectivity index (χ3v) is 2.82. The van der Waals surface area contributed by atoms with Crippen LogP contribution in [0.1, 0.15) is 5.56 Å². The zero-order valence-electron chi connectivity index (χ0n) is 9.64. The van der Waals surface area contributed by atoms with Crippen LogP contribution in [0.5, 0.6) is 0 Å². The largest absolute Gasteiger partial charge is 0.331 e. The normalized spacial score (nSPS) is 10.7. The molecule has 0 atom stereocenters. The second kappa shape index (κ2) is 4.01. The van der Waals surface area contributed by atoms with E-state index in [2.05, 4.69) is 0 Å². The summed E-state index contributed by atoms with van der Waals surface area (Å²) in [6, 6.07) is 5.26.